The van der Waals surface area contributed by atoms with Crippen LogP contribution in [0, 0.1) is 17.8 Å². The van der Waals surface area contributed by atoms with Gasteiger partial charge in [0, 0.05) is 19.6 Å². The number of ether oxygens (including phenoxy) is 1. The van der Waals surface area contributed by atoms with Gasteiger partial charge < -0.3 is 20.5 Å². The van der Waals surface area contributed by atoms with E-state index in [9.17, 15) is 9.90 Å². The van der Waals surface area contributed by atoms with Crippen LogP contribution in [-0.2, 0) is 4.74 Å². The standard InChI is InChI=1S/C14H26N2O3/c1-14(2,3)19-13(18)16-6-9-4-10-7-15-8-11(5-9)12(10)17/h9-12,15,17H,4-8H2,1-3H3,(H,16,18)/t9?,10-,11+,12?. The maximum atomic E-state index is 11.6. The van der Waals surface area contributed by atoms with Gasteiger partial charge in [-0.3, -0.25) is 0 Å². The van der Waals surface area contributed by atoms with E-state index < -0.39 is 5.60 Å². The van der Waals surface area contributed by atoms with Crippen molar-refractivity contribution in [3.63, 3.8) is 0 Å². The van der Waals surface area contributed by atoms with Crippen LogP contribution in [0.1, 0.15) is 33.6 Å². The number of nitrogens with one attached hydrogen (secondary N) is 2. The molecular weight excluding hydrogens is 244 g/mol. The zero-order valence-electron chi connectivity index (χ0n) is 12.1. The fourth-order valence-corrected chi connectivity index (χ4v) is 3.19. The first-order valence-corrected chi connectivity index (χ1v) is 7.21. The van der Waals surface area contributed by atoms with E-state index >= 15 is 0 Å². The first-order chi connectivity index (χ1) is 8.85. The molecule has 110 valence electrons. The van der Waals surface area contributed by atoms with Crippen molar-refractivity contribution in [2.75, 3.05) is 19.6 Å². The summed E-state index contributed by atoms with van der Waals surface area (Å²) in [5.41, 5.74) is -0.451. The smallest absolute Gasteiger partial charge is 0.407 e. The average molecular weight is 270 g/mol. The van der Waals surface area contributed by atoms with Gasteiger partial charge in [-0.15, -0.1) is 0 Å². The molecule has 1 heterocycles. The monoisotopic (exact) mass is 270 g/mol. The summed E-state index contributed by atoms with van der Waals surface area (Å²) in [6.07, 6.45) is 1.43. The second-order valence-electron chi connectivity index (χ2n) is 6.89. The molecule has 2 bridgehead atoms. The molecule has 0 aromatic rings. The third-order valence-electron chi connectivity index (χ3n) is 3.99. The molecule has 2 aliphatic rings. The lowest BCUT2D eigenvalue weighted by molar-refractivity contribution is -0.0238. The number of aliphatic hydroxyl groups is 1. The maximum Gasteiger partial charge on any atom is 0.407 e. The van der Waals surface area contributed by atoms with Crippen molar-refractivity contribution in [2.24, 2.45) is 17.8 Å². The van der Waals surface area contributed by atoms with Crippen molar-refractivity contribution in [3.05, 3.63) is 0 Å². The Balaban J connectivity index is 1.77. The second kappa shape index (κ2) is 5.67. The zero-order valence-corrected chi connectivity index (χ0v) is 12.1. The summed E-state index contributed by atoms with van der Waals surface area (Å²) < 4.78 is 5.23. The maximum absolute atomic E-state index is 11.6. The number of rotatable bonds is 2. The molecule has 4 atom stereocenters. The molecule has 3 N–H and O–H groups in total. The summed E-state index contributed by atoms with van der Waals surface area (Å²) in [7, 11) is 0. The second-order valence-corrected chi connectivity index (χ2v) is 6.89. The van der Waals surface area contributed by atoms with Gasteiger partial charge in [0.1, 0.15) is 5.60 Å². The molecule has 0 aromatic carbocycles. The third-order valence-corrected chi connectivity index (χ3v) is 3.99. The predicted molar refractivity (Wildman–Crippen MR) is 72.8 cm³/mol. The van der Waals surface area contributed by atoms with E-state index in [-0.39, 0.29) is 12.2 Å². The van der Waals surface area contributed by atoms with Crippen LogP contribution in [0.15, 0.2) is 0 Å². The molecule has 1 amide bonds. The van der Waals surface area contributed by atoms with Crippen LogP contribution in [0.2, 0.25) is 0 Å². The number of hydrogen-bond donors (Lipinski definition) is 3. The van der Waals surface area contributed by atoms with Gasteiger partial charge in [0.15, 0.2) is 0 Å². The van der Waals surface area contributed by atoms with Gasteiger partial charge in [-0.05, 0) is 51.4 Å². The van der Waals surface area contributed by atoms with Gasteiger partial charge in [0.25, 0.3) is 0 Å². The minimum absolute atomic E-state index is 0.168. The van der Waals surface area contributed by atoms with Crippen LogP contribution in [0.3, 0.4) is 0 Å². The van der Waals surface area contributed by atoms with E-state index in [1.807, 2.05) is 20.8 Å². The Kier molecular flexibility index (Phi) is 4.36. The Morgan fingerprint density at radius 2 is 1.89 bits per heavy atom. The molecule has 1 saturated carbocycles. The predicted octanol–water partition coefficient (Wildman–Crippen LogP) is 1.12. The molecule has 1 saturated heterocycles. The lowest BCUT2D eigenvalue weighted by Gasteiger charge is -2.43. The highest BCUT2D eigenvalue weighted by molar-refractivity contribution is 5.67. The summed E-state index contributed by atoms with van der Waals surface area (Å²) in [5, 5.41) is 16.3. The first kappa shape index (κ1) is 14.6. The fraction of sp³-hybridized carbons (Fsp3) is 0.929. The molecule has 5 heteroatoms. The molecule has 1 aliphatic heterocycles. The van der Waals surface area contributed by atoms with Crippen molar-refractivity contribution in [2.45, 2.75) is 45.3 Å². The highest BCUT2D eigenvalue weighted by Crippen LogP contribution is 2.35. The number of carbonyl (C=O) groups excluding carboxylic acids is 1. The van der Waals surface area contributed by atoms with Crippen LogP contribution < -0.4 is 10.6 Å². The number of fused-ring (bicyclic) bond motifs is 2. The molecule has 0 aromatic heterocycles. The number of alkyl carbamates (subject to hydrolysis) is 1. The van der Waals surface area contributed by atoms with Crippen molar-refractivity contribution >= 4 is 6.09 Å². The molecule has 1 aliphatic carbocycles. The molecule has 2 unspecified atom stereocenters. The molecule has 2 rings (SSSR count). The SMILES string of the molecule is CC(C)(C)OC(=O)NCC1C[C@H]2CNC[C@@H](C1)C2O. The Morgan fingerprint density at radius 3 is 2.42 bits per heavy atom. The lowest BCUT2D eigenvalue weighted by atomic mass is 9.71. The van der Waals surface area contributed by atoms with Gasteiger partial charge in [-0.2, -0.15) is 0 Å². The zero-order chi connectivity index (χ0) is 14.0. The third kappa shape index (κ3) is 4.08. The molecule has 2 fully saturated rings. The lowest BCUT2D eigenvalue weighted by Crippen LogP contribution is -2.52. The summed E-state index contributed by atoms with van der Waals surface area (Å²) in [5.74, 6) is 1.11. The summed E-state index contributed by atoms with van der Waals surface area (Å²) in [4.78, 5) is 11.6. The van der Waals surface area contributed by atoms with Crippen molar-refractivity contribution < 1.29 is 14.6 Å². The van der Waals surface area contributed by atoms with Crippen LogP contribution in [0.25, 0.3) is 0 Å². The van der Waals surface area contributed by atoms with Crippen molar-refractivity contribution in [1.82, 2.24) is 10.6 Å². The molecule has 0 radical (unpaired) electrons. The molecular formula is C14H26N2O3. The van der Waals surface area contributed by atoms with Crippen molar-refractivity contribution in [3.8, 4) is 0 Å². The minimum Gasteiger partial charge on any atom is -0.444 e. The Labute approximate surface area is 115 Å². The van der Waals surface area contributed by atoms with Gasteiger partial charge in [0.05, 0.1) is 6.10 Å². The quantitative estimate of drug-likeness (QED) is 0.703. The fourth-order valence-electron chi connectivity index (χ4n) is 3.19. The average Bonchev–Trinajstić information content (AvgIpc) is 2.24. The first-order valence-electron chi connectivity index (χ1n) is 7.21. The number of carbonyl (C=O) groups is 1. The van der Waals surface area contributed by atoms with Gasteiger partial charge in [-0.1, -0.05) is 0 Å². The molecule has 19 heavy (non-hydrogen) atoms. The van der Waals surface area contributed by atoms with Crippen LogP contribution in [-0.4, -0.2) is 42.5 Å². The Bertz CT molecular complexity index is 313. The number of hydrogen-bond acceptors (Lipinski definition) is 4. The number of aliphatic hydroxyl groups excluding tert-OH is 1. The number of amides is 1. The van der Waals surface area contributed by atoms with Crippen LogP contribution in [0.4, 0.5) is 4.79 Å². The highest BCUT2D eigenvalue weighted by Gasteiger charge is 2.39. The van der Waals surface area contributed by atoms with E-state index in [0.717, 1.165) is 25.9 Å². The Morgan fingerprint density at radius 1 is 1.32 bits per heavy atom. The van der Waals surface area contributed by atoms with Gasteiger partial charge in [0.2, 0.25) is 0 Å². The van der Waals surface area contributed by atoms with E-state index in [2.05, 4.69) is 10.6 Å². The Hall–Kier alpha value is -0.810. The molecule has 5 nitrogen and oxygen atoms in total. The molecule has 0 spiro atoms. The van der Waals surface area contributed by atoms with Crippen LogP contribution in [0.5, 0.6) is 0 Å². The van der Waals surface area contributed by atoms with Gasteiger partial charge >= 0.3 is 6.09 Å². The normalized spacial score (nSPS) is 34.7. The van der Waals surface area contributed by atoms with Crippen molar-refractivity contribution in [1.29, 1.82) is 0 Å². The van der Waals surface area contributed by atoms with Crippen LogP contribution >= 0.6 is 0 Å². The van der Waals surface area contributed by atoms with E-state index in [1.165, 1.54) is 0 Å². The summed E-state index contributed by atoms with van der Waals surface area (Å²) >= 11 is 0. The van der Waals surface area contributed by atoms with E-state index in [1.54, 1.807) is 0 Å². The summed E-state index contributed by atoms with van der Waals surface area (Å²) in [6, 6.07) is 0. The van der Waals surface area contributed by atoms with E-state index in [4.69, 9.17) is 4.74 Å². The largest absolute Gasteiger partial charge is 0.444 e. The topological polar surface area (TPSA) is 70.6 Å². The minimum atomic E-state index is -0.451. The number of piperidine rings is 1. The summed E-state index contributed by atoms with van der Waals surface area (Å²) in [6.45, 7) is 8.01. The van der Waals surface area contributed by atoms with Gasteiger partial charge in [-0.25, -0.2) is 4.79 Å². The van der Waals surface area contributed by atoms with E-state index in [0.29, 0.717) is 24.3 Å². The highest BCUT2D eigenvalue weighted by atomic mass is 16.6.